The smallest absolute Gasteiger partial charge is 0.128 e. The average molecular weight is 264 g/mol. The maximum atomic E-state index is 13.4. The Morgan fingerprint density at radius 1 is 1.17 bits per heavy atom. The van der Waals surface area contributed by atoms with E-state index >= 15 is 0 Å². The molecule has 0 unspecified atom stereocenters. The molecule has 18 heavy (non-hydrogen) atoms. The fraction of sp³-hybridized carbons (Fsp3) is 0.200. The van der Waals surface area contributed by atoms with Gasteiger partial charge in [0, 0.05) is 22.8 Å². The first-order valence-electron chi connectivity index (χ1n) is 5.82. The van der Waals surface area contributed by atoms with Crippen molar-refractivity contribution in [2.75, 3.05) is 5.32 Å². The average Bonchev–Trinajstić information content (AvgIpc) is 2.33. The summed E-state index contributed by atoms with van der Waals surface area (Å²) in [6.07, 6.45) is 0. The van der Waals surface area contributed by atoms with Crippen LogP contribution in [-0.2, 0) is 6.54 Å². The van der Waals surface area contributed by atoms with Crippen molar-refractivity contribution in [3.05, 3.63) is 63.9 Å². The first-order valence-corrected chi connectivity index (χ1v) is 6.20. The molecule has 0 heterocycles. The van der Waals surface area contributed by atoms with Gasteiger partial charge in [0.05, 0.1) is 0 Å². The summed E-state index contributed by atoms with van der Waals surface area (Å²) in [7, 11) is 0. The zero-order valence-electron chi connectivity index (χ0n) is 10.4. The second-order valence-electron chi connectivity index (χ2n) is 4.34. The van der Waals surface area contributed by atoms with Crippen LogP contribution in [0.4, 0.5) is 10.1 Å². The Bertz CT molecular complexity index is 566. The molecule has 2 aromatic rings. The third-order valence-electron chi connectivity index (χ3n) is 3.04. The molecule has 2 aromatic carbocycles. The summed E-state index contributed by atoms with van der Waals surface area (Å²) in [4.78, 5) is 0. The zero-order chi connectivity index (χ0) is 13.1. The topological polar surface area (TPSA) is 12.0 Å². The van der Waals surface area contributed by atoms with Crippen molar-refractivity contribution in [2.45, 2.75) is 20.4 Å². The van der Waals surface area contributed by atoms with Crippen molar-refractivity contribution in [3.8, 4) is 0 Å². The molecule has 0 atom stereocenters. The molecule has 1 N–H and O–H groups in total. The Morgan fingerprint density at radius 2 is 1.94 bits per heavy atom. The number of rotatable bonds is 3. The molecule has 0 bridgehead atoms. The van der Waals surface area contributed by atoms with Crippen molar-refractivity contribution >= 4 is 17.3 Å². The summed E-state index contributed by atoms with van der Waals surface area (Å²) in [5, 5.41) is 3.98. The van der Waals surface area contributed by atoms with E-state index in [2.05, 4.69) is 5.32 Å². The Labute approximate surface area is 112 Å². The van der Waals surface area contributed by atoms with Gasteiger partial charge in [0.1, 0.15) is 5.82 Å². The van der Waals surface area contributed by atoms with E-state index in [0.717, 1.165) is 21.8 Å². The number of nitrogens with one attached hydrogen (secondary N) is 1. The molecule has 0 aliphatic heterocycles. The molecule has 0 aromatic heterocycles. The predicted molar refractivity (Wildman–Crippen MR) is 74.7 cm³/mol. The lowest BCUT2D eigenvalue weighted by Crippen LogP contribution is -2.03. The molecular weight excluding hydrogens is 249 g/mol. The normalized spacial score (nSPS) is 10.4. The van der Waals surface area contributed by atoms with Gasteiger partial charge in [0.15, 0.2) is 0 Å². The van der Waals surface area contributed by atoms with Gasteiger partial charge in [-0.1, -0.05) is 23.7 Å². The van der Waals surface area contributed by atoms with Gasteiger partial charge in [0.25, 0.3) is 0 Å². The van der Waals surface area contributed by atoms with E-state index in [4.69, 9.17) is 11.6 Å². The first-order chi connectivity index (χ1) is 8.58. The molecule has 0 saturated heterocycles. The number of anilines is 1. The SMILES string of the molecule is Cc1cc(Cl)ccc1CNc1cccc(F)c1C. The number of hydrogen-bond donors (Lipinski definition) is 1. The highest BCUT2D eigenvalue weighted by atomic mass is 35.5. The van der Waals surface area contributed by atoms with Crippen LogP contribution in [0.3, 0.4) is 0 Å². The molecule has 2 rings (SSSR count). The summed E-state index contributed by atoms with van der Waals surface area (Å²) < 4.78 is 13.4. The van der Waals surface area contributed by atoms with Crippen molar-refractivity contribution in [3.63, 3.8) is 0 Å². The van der Waals surface area contributed by atoms with Crippen LogP contribution in [0.2, 0.25) is 5.02 Å². The fourth-order valence-electron chi connectivity index (χ4n) is 1.85. The highest BCUT2D eigenvalue weighted by Crippen LogP contribution is 2.20. The van der Waals surface area contributed by atoms with Crippen molar-refractivity contribution in [1.82, 2.24) is 0 Å². The van der Waals surface area contributed by atoms with E-state index in [-0.39, 0.29) is 5.82 Å². The molecule has 0 amide bonds. The Kier molecular flexibility index (Phi) is 3.87. The van der Waals surface area contributed by atoms with Crippen LogP contribution in [0.25, 0.3) is 0 Å². The minimum Gasteiger partial charge on any atom is -0.381 e. The zero-order valence-corrected chi connectivity index (χ0v) is 11.2. The molecule has 1 nitrogen and oxygen atoms in total. The van der Waals surface area contributed by atoms with Crippen LogP contribution in [0.1, 0.15) is 16.7 Å². The van der Waals surface area contributed by atoms with Gasteiger partial charge in [-0.25, -0.2) is 4.39 Å². The van der Waals surface area contributed by atoms with Crippen molar-refractivity contribution in [1.29, 1.82) is 0 Å². The standard InChI is InChI=1S/C15H15ClFN/c1-10-8-13(16)7-6-12(10)9-18-15-5-3-4-14(17)11(15)2/h3-8,18H,9H2,1-2H3. The van der Waals surface area contributed by atoms with Crippen LogP contribution in [0.5, 0.6) is 0 Å². The molecule has 0 radical (unpaired) electrons. The van der Waals surface area contributed by atoms with Crippen LogP contribution in [0, 0.1) is 19.7 Å². The van der Waals surface area contributed by atoms with E-state index < -0.39 is 0 Å². The molecule has 0 spiro atoms. The summed E-state index contributed by atoms with van der Waals surface area (Å²) in [5.41, 5.74) is 3.75. The Balaban J connectivity index is 2.14. The van der Waals surface area contributed by atoms with E-state index in [1.807, 2.05) is 31.2 Å². The van der Waals surface area contributed by atoms with Crippen LogP contribution >= 0.6 is 11.6 Å². The molecular formula is C15H15ClFN. The number of aryl methyl sites for hydroxylation is 1. The summed E-state index contributed by atoms with van der Waals surface area (Å²) in [6, 6.07) is 10.8. The van der Waals surface area contributed by atoms with Crippen LogP contribution in [0.15, 0.2) is 36.4 Å². The van der Waals surface area contributed by atoms with Gasteiger partial charge < -0.3 is 5.32 Å². The summed E-state index contributed by atoms with van der Waals surface area (Å²) in [5.74, 6) is -0.187. The van der Waals surface area contributed by atoms with E-state index in [1.165, 1.54) is 6.07 Å². The lowest BCUT2D eigenvalue weighted by molar-refractivity contribution is 0.619. The molecule has 94 valence electrons. The number of halogens is 2. The monoisotopic (exact) mass is 263 g/mol. The Hall–Kier alpha value is -1.54. The van der Waals surface area contributed by atoms with Crippen molar-refractivity contribution in [2.24, 2.45) is 0 Å². The summed E-state index contributed by atoms with van der Waals surface area (Å²) in [6.45, 7) is 4.45. The second-order valence-corrected chi connectivity index (χ2v) is 4.77. The van der Waals surface area contributed by atoms with Gasteiger partial charge in [-0.05, 0) is 49.2 Å². The number of benzene rings is 2. The molecule has 0 fully saturated rings. The van der Waals surface area contributed by atoms with E-state index in [1.54, 1.807) is 13.0 Å². The molecule has 0 aliphatic rings. The van der Waals surface area contributed by atoms with Gasteiger partial charge in [-0.2, -0.15) is 0 Å². The molecule has 0 aliphatic carbocycles. The fourth-order valence-corrected chi connectivity index (χ4v) is 2.07. The minimum atomic E-state index is -0.187. The van der Waals surface area contributed by atoms with Crippen LogP contribution < -0.4 is 5.32 Å². The lowest BCUT2D eigenvalue weighted by Gasteiger charge is -2.12. The van der Waals surface area contributed by atoms with Gasteiger partial charge in [-0.3, -0.25) is 0 Å². The second kappa shape index (κ2) is 5.40. The Morgan fingerprint density at radius 3 is 2.67 bits per heavy atom. The summed E-state index contributed by atoms with van der Waals surface area (Å²) >= 11 is 5.91. The van der Waals surface area contributed by atoms with Gasteiger partial charge in [0.2, 0.25) is 0 Å². The highest BCUT2D eigenvalue weighted by molar-refractivity contribution is 6.30. The van der Waals surface area contributed by atoms with E-state index in [9.17, 15) is 4.39 Å². The number of hydrogen-bond acceptors (Lipinski definition) is 1. The highest BCUT2D eigenvalue weighted by Gasteiger charge is 2.04. The van der Waals surface area contributed by atoms with Crippen molar-refractivity contribution < 1.29 is 4.39 Å². The molecule has 3 heteroatoms. The van der Waals surface area contributed by atoms with Gasteiger partial charge in [-0.15, -0.1) is 0 Å². The van der Waals surface area contributed by atoms with E-state index in [0.29, 0.717) is 12.1 Å². The lowest BCUT2D eigenvalue weighted by atomic mass is 10.1. The maximum Gasteiger partial charge on any atom is 0.128 e. The third-order valence-corrected chi connectivity index (χ3v) is 3.28. The van der Waals surface area contributed by atoms with Crippen LogP contribution in [-0.4, -0.2) is 0 Å². The quantitative estimate of drug-likeness (QED) is 0.846. The maximum absolute atomic E-state index is 13.4. The third kappa shape index (κ3) is 2.82. The molecule has 0 saturated carbocycles. The van der Waals surface area contributed by atoms with Gasteiger partial charge >= 0.3 is 0 Å². The largest absolute Gasteiger partial charge is 0.381 e. The first kappa shape index (κ1) is 12.9. The minimum absolute atomic E-state index is 0.187. The predicted octanol–water partition coefficient (Wildman–Crippen LogP) is 4.71.